The predicted molar refractivity (Wildman–Crippen MR) is 116 cm³/mol. The van der Waals surface area contributed by atoms with Gasteiger partial charge in [0.25, 0.3) is 5.91 Å². The molecule has 6 nitrogen and oxygen atoms in total. The minimum absolute atomic E-state index is 0.0230. The first-order chi connectivity index (χ1) is 15.1. The van der Waals surface area contributed by atoms with Gasteiger partial charge in [0.05, 0.1) is 24.0 Å². The maximum atomic E-state index is 13.6. The maximum Gasteiger partial charge on any atom is 0.254 e. The molecule has 0 N–H and O–H groups in total. The summed E-state index contributed by atoms with van der Waals surface area (Å²) in [6.07, 6.45) is 6.73. The molecule has 31 heavy (non-hydrogen) atoms. The molecule has 1 saturated carbocycles. The Hall–Kier alpha value is -2.87. The molecule has 3 unspecified atom stereocenters. The van der Waals surface area contributed by atoms with E-state index in [1.807, 2.05) is 29.2 Å². The van der Waals surface area contributed by atoms with Gasteiger partial charge < -0.3 is 9.64 Å². The van der Waals surface area contributed by atoms with Crippen LogP contribution in [0, 0.1) is 11.7 Å². The van der Waals surface area contributed by atoms with Gasteiger partial charge in [-0.2, -0.15) is 0 Å². The number of carbonyl (C=O) groups excluding carboxylic acids is 1. The highest BCUT2D eigenvalue weighted by molar-refractivity contribution is 9.10. The number of carbonyl (C=O) groups is 1. The van der Waals surface area contributed by atoms with Gasteiger partial charge in [0.15, 0.2) is 11.6 Å². The minimum atomic E-state index is -0.512. The number of ether oxygens (including phenoxy) is 1. The Kier molecular flexibility index (Phi) is 5.40. The molecule has 3 fully saturated rings. The molecular formula is C23H20BrFN4O2. The number of fused-ring (bicyclic) bond motifs is 3. The Labute approximate surface area is 187 Å². The van der Waals surface area contributed by atoms with E-state index in [0.29, 0.717) is 35.3 Å². The van der Waals surface area contributed by atoms with Crippen molar-refractivity contribution in [2.45, 2.75) is 31.4 Å². The summed E-state index contributed by atoms with van der Waals surface area (Å²) in [7, 11) is 0. The molecule has 6 rings (SSSR count). The van der Waals surface area contributed by atoms with Crippen LogP contribution in [0.5, 0.6) is 5.88 Å². The van der Waals surface area contributed by atoms with Crippen LogP contribution in [0.1, 0.15) is 29.6 Å². The number of pyridine rings is 1. The molecule has 2 aliphatic heterocycles. The van der Waals surface area contributed by atoms with E-state index < -0.39 is 5.82 Å². The molecule has 0 spiro atoms. The number of nitrogens with zero attached hydrogens (tertiary/aromatic N) is 4. The molecule has 158 valence electrons. The summed E-state index contributed by atoms with van der Waals surface area (Å²) < 4.78 is 20.4. The topological polar surface area (TPSA) is 68.2 Å². The van der Waals surface area contributed by atoms with Crippen molar-refractivity contribution in [3.05, 3.63) is 70.8 Å². The van der Waals surface area contributed by atoms with Gasteiger partial charge in [0, 0.05) is 28.8 Å². The highest BCUT2D eigenvalue weighted by Gasteiger charge is 2.44. The van der Waals surface area contributed by atoms with Gasteiger partial charge in [-0.1, -0.05) is 18.2 Å². The summed E-state index contributed by atoms with van der Waals surface area (Å²) in [5.74, 6) is 0.703. The summed E-state index contributed by atoms with van der Waals surface area (Å²) in [6, 6.07) is 10.9. The average Bonchev–Trinajstić information content (AvgIpc) is 2.81. The summed E-state index contributed by atoms with van der Waals surface area (Å²) >= 11 is 3.39. The molecular weight excluding hydrogens is 463 g/mol. The van der Waals surface area contributed by atoms with E-state index in [1.54, 1.807) is 18.3 Å². The van der Waals surface area contributed by atoms with Crippen LogP contribution >= 0.6 is 15.9 Å². The molecule has 3 atom stereocenters. The fourth-order valence-electron chi connectivity index (χ4n) is 4.55. The third kappa shape index (κ3) is 4.04. The number of hydrogen-bond acceptors (Lipinski definition) is 5. The van der Waals surface area contributed by atoms with Crippen molar-refractivity contribution in [1.29, 1.82) is 0 Å². The standard InChI is InChI=1S/C23H20BrFN4O2/c24-15-6-8-21(26-10-15)31-20-9-14-5-7-19(20)29(13-14)23(30)18-4-2-1-3-17(18)22-27-11-16(25)12-28-22/h1-4,6,8,10-12,14,19-20H,5,7,9,13H2. The van der Waals surface area contributed by atoms with Crippen LogP contribution < -0.4 is 4.74 Å². The van der Waals surface area contributed by atoms with E-state index in [4.69, 9.17) is 4.74 Å². The first kappa shape index (κ1) is 20.1. The number of benzene rings is 1. The zero-order valence-corrected chi connectivity index (χ0v) is 18.2. The number of rotatable bonds is 4. The van der Waals surface area contributed by atoms with Crippen LogP contribution in [0.15, 0.2) is 59.5 Å². The second-order valence-electron chi connectivity index (χ2n) is 7.95. The van der Waals surface area contributed by atoms with Gasteiger partial charge in [0.1, 0.15) is 6.10 Å². The van der Waals surface area contributed by atoms with Crippen molar-refractivity contribution < 1.29 is 13.9 Å². The molecule has 3 aromatic rings. The smallest absolute Gasteiger partial charge is 0.254 e. The van der Waals surface area contributed by atoms with Gasteiger partial charge in [-0.15, -0.1) is 0 Å². The molecule has 2 aromatic heterocycles. The summed E-state index contributed by atoms with van der Waals surface area (Å²) in [5, 5.41) is 0. The van der Waals surface area contributed by atoms with Gasteiger partial charge in [-0.3, -0.25) is 4.79 Å². The van der Waals surface area contributed by atoms with Crippen LogP contribution in [-0.4, -0.2) is 44.4 Å². The number of amides is 1. The zero-order chi connectivity index (χ0) is 21.4. The average molecular weight is 483 g/mol. The molecule has 1 aliphatic carbocycles. The van der Waals surface area contributed by atoms with Crippen molar-refractivity contribution >= 4 is 21.8 Å². The van der Waals surface area contributed by atoms with Crippen LogP contribution in [0.2, 0.25) is 0 Å². The molecule has 3 aliphatic rings. The Bertz CT molecular complexity index is 1090. The molecule has 1 amide bonds. The normalized spacial score (nSPS) is 22.4. The van der Waals surface area contributed by atoms with Crippen LogP contribution in [-0.2, 0) is 0 Å². The quantitative estimate of drug-likeness (QED) is 0.546. The van der Waals surface area contributed by atoms with Crippen molar-refractivity contribution in [2.24, 2.45) is 5.92 Å². The van der Waals surface area contributed by atoms with E-state index in [9.17, 15) is 9.18 Å². The SMILES string of the molecule is O=C(c1ccccc1-c1ncc(F)cn1)N1CC2CCC1C(Oc1ccc(Br)cn1)C2. The fraction of sp³-hybridized carbons (Fsp3) is 0.304. The lowest BCUT2D eigenvalue weighted by Crippen LogP contribution is -2.59. The van der Waals surface area contributed by atoms with Crippen molar-refractivity contribution in [3.8, 4) is 17.3 Å². The van der Waals surface area contributed by atoms with Gasteiger partial charge in [-0.05, 0) is 53.2 Å². The Morgan fingerprint density at radius 3 is 2.61 bits per heavy atom. The minimum Gasteiger partial charge on any atom is -0.472 e. The molecule has 2 saturated heterocycles. The first-order valence-electron chi connectivity index (χ1n) is 10.2. The third-order valence-electron chi connectivity index (χ3n) is 5.97. The number of halogens is 2. The maximum absolute atomic E-state index is 13.6. The highest BCUT2D eigenvalue weighted by atomic mass is 79.9. The molecule has 2 bridgehead atoms. The molecule has 8 heteroatoms. The molecule has 4 heterocycles. The van der Waals surface area contributed by atoms with Gasteiger partial charge in [0.2, 0.25) is 5.88 Å². The number of piperidine rings is 2. The van der Waals surface area contributed by atoms with Gasteiger partial charge >= 0.3 is 0 Å². The van der Waals surface area contributed by atoms with E-state index in [-0.39, 0.29) is 18.1 Å². The third-order valence-corrected chi connectivity index (χ3v) is 6.44. The van der Waals surface area contributed by atoms with Crippen molar-refractivity contribution in [2.75, 3.05) is 6.54 Å². The van der Waals surface area contributed by atoms with Crippen molar-refractivity contribution in [3.63, 3.8) is 0 Å². The monoisotopic (exact) mass is 482 g/mol. The number of aromatic nitrogens is 3. The summed E-state index contributed by atoms with van der Waals surface area (Å²) in [4.78, 5) is 28.0. The predicted octanol–water partition coefficient (Wildman–Crippen LogP) is 4.51. The van der Waals surface area contributed by atoms with E-state index in [0.717, 1.165) is 36.1 Å². The Morgan fingerprint density at radius 1 is 1.06 bits per heavy atom. The van der Waals surface area contributed by atoms with Crippen molar-refractivity contribution in [1.82, 2.24) is 19.9 Å². The van der Waals surface area contributed by atoms with Crippen LogP contribution in [0.25, 0.3) is 11.4 Å². The molecule has 0 radical (unpaired) electrons. The second kappa shape index (κ2) is 8.34. The lowest BCUT2D eigenvalue weighted by Gasteiger charge is -2.49. The van der Waals surface area contributed by atoms with Crippen LogP contribution in [0.3, 0.4) is 0 Å². The summed E-state index contributed by atoms with van der Waals surface area (Å²) in [5.41, 5.74) is 1.11. The lowest BCUT2D eigenvalue weighted by atomic mass is 9.77. The molecule has 1 aromatic carbocycles. The fourth-order valence-corrected chi connectivity index (χ4v) is 4.78. The van der Waals surface area contributed by atoms with E-state index >= 15 is 0 Å². The van der Waals surface area contributed by atoms with E-state index in [2.05, 4.69) is 30.9 Å². The number of hydrogen-bond donors (Lipinski definition) is 0. The Morgan fingerprint density at radius 2 is 1.87 bits per heavy atom. The largest absolute Gasteiger partial charge is 0.472 e. The summed E-state index contributed by atoms with van der Waals surface area (Å²) in [6.45, 7) is 0.704. The van der Waals surface area contributed by atoms with Gasteiger partial charge in [-0.25, -0.2) is 19.3 Å². The van der Waals surface area contributed by atoms with Crippen LogP contribution in [0.4, 0.5) is 4.39 Å². The second-order valence-corrected chi connectivity index (χ2v) is 8.86. The zero-order valence-electron chi connectivity index (χ0n) is 16.6. The lowest BCUT2D eigenvalue weighted by molar-refractivity contribution is -0.0313. The van der Waals surface area contributed by atoms with E-state index in [1.165, 1.54) is 0 Å². The Balaban J connectivity index is 1.42. The first-order valence-corrected chi connectivity index (χ1v) is 11.0. The highest BCUT2D eigenvalue weighted by Crippen LogP contribution is 2.38.